The molecule has 0 aromatic rings. The summed E-state index contributed by atoms with van der Waals surface area (Å²) in [4.78, 5) is 11.3. The van der Waals surface area contributed by atoms with E-state index in [1.165, 1.54) is 6.92 Å². The first kappa shape index (κ1) is 15.3. The van der Waals surface area contributed by atoms with Crippen LogP contribution >= 0.6 is 34.8 Å². The van der Waals surface area contributed by atoms with Crippen molar-refractivity contribution in [2.24, 2.45) is 5.92 Å². The topological polar surface area (TPSA) is 46.5 Å². The summed E-state index contributed by atoms with van der Waals surface area (Å²) in [5.74, 6) is -1.41. The van der Waals surface area contributed by atoms with Crippen LogP contribution in [0.5, 0.6) is 0 Å². The van der Waals surface area contributed by atoms with Gasteiger partial charge in [0, 0.05) is 0 Å². The minimum absolute atomic E-state index is 0.326. The molecule has 2 unspecified atom stereocenters. The lowest BCUT2D eigenvalue weighted by molar-refractivity contribution is -0.151. The minimum atomic E-state index is -1.87. The van der Waals surface area contributed by atoms with Crippen molar-refractivity contribution in [3.8, 4) is 0 Å². The average Bonchev–Trinajstić information content (AvgIpc) is 2.14. The first-order chi connectivity index (χ1) is 6.80. The van der Waals surface area contributed by atoms with Crippen LogP contribution < -0.4 is 0 Å². The van der Waals surface area contributed by atoms with Gasteiger partial charge in [-0.3, -0.25) is 4.79 Å². The second kappa shape index (κ2) is 6.79. The van der Waals surface area contributed by atoms with Crippen LogP contribution in [0.1, 0.15) is 26.7 Å². The van der Waals surface area contributed by atoms with Gasteiger partial charge in [-0.05, 0) is 13.3 Å². The Bertz CT molecular complexity index is 203. The molecular weight excluding hydrogens is 262 g/mol. The number of unbranched alkanes of at least 4 members (excludes halogenated alkanes) is 1. The second-order valence-corrected chi connectivity index (χ2v) is 5.67. The second-order valence-electron chi connectivity index (χ2n) is 3.30. The molecule has 1 N–H and O–H groups in total. The molecule has 0 bridgehead atoms. The zero-order chi connectivity index (χ0) is 12.1. The van der Waals surface area contributed by atoms with Gasteiger partial charge in [-0.25, -0.2) is 0 Å². The molecule has 3 nitrogen and oxygen atoms in total. The molecule has 0 spiro atoms. The number of halogens is 3. The molecule has 0 fully saturated rings. The Morgan fingerprint density at radius 3 is 2.40 bits per heavy atom. The standard InChI is InChI=1S/C9H15Cl3O3/c1-3-4-5-15-8(14)6(2)7(13)9(10,11)12/h6-7,13H,3-5H2,1-2H3. The van der Waals surface area contributed by atoms with Crippen LogP contribution in [0.25, 0.3) is 0 Å². The fourth-order valence-electron chi connectivity index (χ4n) is 0.861. The first-order valence-corrected chi connectivity index (χ1v) is 5.85. The monoisotopic (exact) mass is 276 g/mol. The molecule has 0 amide bonds. The van der Waals surface area contributed by atoms with Crippen LogP contribution in [0.4, 0.5) is 0 Å². The van der Waals surface area contributed by atoms with Gasteiger partial charge in [0.25, 0.3) is 0 Å². The number of aliphatic hydroxyl groups excluding tert-OH is 1. The summed E-state index contributed by atoms with van der Waals surface area (Å²) < 4.78 is 3.01. The van der Waals surface area contributed by atoms with Gasteiger partial charge in [-0.15, -0.1) is 0 Å². The van der Waals surface area contributed by atoms with Crippen molar-refractivity contribution in [3.05, 3.63) is 0 Å². The van der Waals surface area contributed by atoms with Gasteiger partial charge in [0.15, 0.2) is 0 Å². The van der Waals surface area contributed by atoms with Crippen molar-refractivity contribution in [2.75, 3.05) is 6.61 Å². The first-order valence-electron chi connectivity index (χ1n) is 4.72. The molecule has 0 aliphatic carbocycles. The summed E-state index contributed by atoms with van der Waals surface area (Å²) in [5, 5.41) is 9.48. The van der Waals surface area contributed by atoms with E-state index >= 15 is 0 Å². The van der Waals surface area contributed by atoms with Gasteiger partial charge >= 0.3 is 5.97 Å². The van der Waals surface area contributed by atoms with E-state index in [1.807, 2.05) is 6.92 Å². The number of hydrogen-bond acceptors (Lipinski definition) is 3. The summed E-state index contributed by atoms with van der Waals surface area (Å²) in [5.41, 5.74) is 0. The van der Waals surface area contributed by atoms with Crippen molar-refractivity contribution in [3.63, 3.8) is 0 Å². The molecule has 15 heavy (non-hydrogen) atoms. The predicted molar refractivity (Wildman–Crippen MR) is 61.3 cm³/mol. The van der Waals surface area contributed by atoms with E-state index in [1.54, 1.807) is 0 Å². The zero-order valence-corrected chi connectivity index (χ0v) is 10.9. The predicted octanol–water partition coefficient (Wildman–Crippen LogP) is 2.70. The van der Waals surface area contributed by atoms with Gasteiger partial charge in [0.05, 0.1) is 12.5 Å². The van der Waals surface area contributed by atoms with E-state index in [4.69, 9.17) is 39.5 Å². The van der Waals surface area contributed by atoms with Crippen LogP contribution in [-0.4, -0.2) is 27.6 Å². The summed E-state index contributed by atoms with van der Waals surface area (Å²) >= 11 is 16.4. The summed E-state index contributed by atoms with van der Waals surface area (Å²) in [6.45, 7) is 3.76. The molecule has 2 atom stereocenters. The van der Waals surface area contributed by atoms with E-state index in [2.05, 4.69) is 0 Å². The number of carbonyl (C=O) groups excluding carboxylic acids is 1. The molecule has 0 aliphatic heterocycles. The molecule has 0 saturated carbocycles. The smallest absolute Gasteiger partial charge is 0.311 e. The molecule has 0 aromatic carbocycles. The Morgan fingerprint density at radius 1 is 1.47 bits per heavy atom. The van der Waals surface area contributed by atoms with Crippen LogP contribution in [0.3, 0.4) is 0 Å². The lowest BCUT2D eigenvalue weighted by Gasteiger charge is -2.23. The number of ether oxygens (including phenoxy) is 1. The third kappa shape index (κ3) is 5.81. The molecule has 6 heteroatoms. The number of esters is 1. The third-order valence-corrected chi connectivity index (χ3v) is 2.59. The molecule has 0 radical (unpaired) electrons. The quantitative estimate of drug-likeness (QED) is 0.477. The number of aliphatic hydroxyl groups is 1. The minimum Gasteiger partial charge on any atom is -0.465 e. The Hall–Kier alpha value is 0.300. The lowest BCUT2D eigenvalue weighted by atomic mass is 10.1. The molecule has 0 saturated heterocycles. The van der Waals surface area contributed by atoms with Crippen LogP contribution in [0.2, 0.25) is 0 Å². The highest BCUT2D eigenvalue weighted by Crippen LogP contribution is 2.34. The number of rotatable bonds is 5. The zero-order valence-electron chi connectivity index (χ0n) is 8.67. The number of carbonyl (C=O) groups is 1. The molecule has 0 aliphatic rings. The number of hydrogen-bond donors (Lipinski definition) is 1. The van der Waals surface area contributed by atoms with Crippen molar-refractivity contribution in [1.82, 2.24) is 0 Å². The Morgan fingerprint density at radius 2 is 2.00 bits per heavy atom. The Kier molecular flexibility index (Phi) is 6.93. The maximum atomic E-state index is 11.3. The molecule has 90 valence electrons. The highest BCUT2D eigenvalue weighted by Gasteiger charge is 2.38. The molecule has 0 aromatic heterocycles. The average molecular weight is 278 g/mol. The van der Waals surface area contributed by atoms with Crippen molar-refractivity contribution >= 4 is 40.8 Å². The van der Waals surface area contributed by atoms with Crippen molar-refractivity contribution < 1.29 is 14.6 Å². The van der Waals surface area contributed by atoms with Crippen LogP contribution in [0.15, 0.2) is 0 Å². The Balaban J connectivity index is 4.08. The lowest BCUT2D eigenvalue weighted by Crippen LogP contribution is -2.37. The van der Waals surface area contributed by atoms with E-state index in [0.717, 1.165) is 12.8 Å². The number of alkyl halides is 3. The summed E-state index contributed by atoms with van der Waals surface area (Å²) in [6, 6.07) is 0. The van der Waals surface area contributed by atoms with Gasteiger partial charge in [-0.2, -0.15) is 0 Å². The van der Waals surface area contributed by atoms with Gasteiger partial charge < -0.3 is 9.84 Å². The van der Waals surface area contributed by atoms with E-state index in [0.29, 0.717) is 6.61 Å². The maximum Gasteiger partial charge on any atom is 0.311 e. The van der Waals surface area contributed by atoms with Crippen LogP contribution in [-0.2, 0) is 9.53 Å². The fraction of sp³-hybridized carbons (Fsp3) is 0.889. The van der Waals surface area contributed by atoms with E-state index < -0.39 is 21.8 Å². The highest BCUT2D eigenvalue weighted by atomic mass is 35.6. The van der Waals surface area contributed by atoms with E-state index in [-0.39, 0.29) is 0 Å². The highest BCUT2D eigenvalue weighted by molar-refractivity contribution is 6.68. The Labute approximate surface area is 105 Å². The van der Waals surface area contributed by atoms with Crippen LogP contribution in [0, 0.1) is 5.92 Å². The van der Waals surface area contributed by atoms with Gasteiger partial charge in [-0.1, -0.05) is 48.1 Å². The van der Waals surface area contributed by atoms with Gasteiger partial charge in [0.1, 0.15) is 6.10 Å². The largest absolute Gasteiger partial charge is 0.465 e. The van der Waals surface area contributed by atoms with E-state index in [9.17, 15) is 9.90 Å². The van der Waals surface area contributed by atoms with Crippen molar-refractivity contribution in [1.29, 1.82) is 0 Å². The normalized spacial score (nSPS) is 15.9. The maximum absolute atomic E-state index is 11.3. The van der Waals surface area contributed by atoms with Gasteiger partial charge in [0.2, 0.25) is 3.79 Å². The molecular formula is C9H15Cl3O3. The SMILES string of the molecule is CCCCOC(=O)C(C)C(O)C(Cl)(Cl)Cl. The fourth-order valence-corrected chi connectivity index (χ4v) is 1.43. The summed E-state index contributed by atoms with van der Waals surface area (Å²) in [6.07, 6.45) is 0.341. The summed E-state index contributed by atoms with van der Waals surface area (Å²) in [7, 11) is 0. The third-order valence-electron chi connectivity index (χ3n) is 1.92. The van der Waals surface area contributed by atoms with Crippen molar-refractivity contribution in [2.45, 2.75) is 36.6 Å². The molecule has 0 heterocycles. The molecule has 0 rings (SSSR count).